The summed E-state index contributed by atoms with van der Waals surface area (Å²) in [6, 6.07) is 0. The highest BCUT2D eigenvalue weighted by atomic mass is 16.3. The van der Waals surface area contributed by atoms with Crippen LogP contribution in [-0.4, -0.2) is 23.4 Å². The highest BCUT2D eigenvalue weighted by Crippen LogP contribution is 1.81. The van der Waals surface area contributed by atoms with E-state index in [1.807, 2.05) is 36.7 Å². The van der Waals surface area contributed by atoms with Crippen LogP contribution in [0.3, 0.4) is 0 Å². The average Bonchev–Trinajstić information content (AvgIpc) is 2.35. The maximum Gasteiger partial charge on any atom is 0.0662 e. The molecule has 1 rings (SSSR count). The third-order valence-corrected chi connectivity index (χ3v) is 0.818. The van der Waals surface area contributed by atoms with Crippen molar-refractivity contribution in [2.75, 3.05) is 13.2 Å². The second-order valence-electron chi connectivity index (χ2n) is 1.72. The lowest BCUT2D eigenvalue weighted by Crippen LogP contribution is -1.87. The summed E-state index contributed by atoms with van der Waals surface area (Å²) in [5.74, 6) is 0. The van der Waals surface area contributed by atoms with Crippen LogP contribution in [0.1, 0.15) is 0 Å². The van der Waals surface area contributed by atoms with Crippen molar-refractivity contribution < 1.29 is 10.2 Å². The van der Waals surface area contributed by atoms with E-state index in [4.69, 9.17) is 10.2 Å². The number of rotatable bonds is 1. The molecule has 3 heteroatoms. The highest BCUT2D eigenvalue weighted by molar-refractivity contribution is 5.14. The minimum absolute atomic E-state index is 0.125. The van der Waals surface area contributed by atoms with Crippen molar-refractivity contribution in [3.05, 3.63) is 36.7 Å². The second kappa shape index (κ2) is 8.94. The lowest BCUT2D eigenvalue weighted by Gasteiger charge is -1.79. The molecule has 62 valence electrons. The Bertz CT molecular complexity index is 134. The zero-order valence-electron chi connectivity index (χ0n) is 6.27. The van der Waals surface area contributed by atoms with Crippen molar-refractivity contribution in [1.29, 1.82) is 0 Å². The maximum absolute atomic E-state index is 7.62. The molecule has 0 saturated carbocycles. The Hall–Kier alpha value is -1.06. The van der Waals surface area contributed by atoms with Gasteiger partial charge in [-0.2, -0.15) is 0 Å². The van der Waals surface area contributed by atoms with Gasteiger partial charge >= 0.3 is 0 Å². The number of hydrogen-bond donors (Lipinski definition) is 3. The number of aliphatic hydroxyl groups excluding tert-OH is 2. The zero-order chi connectivity index (χ0) is 8.36. The van der Waals surface area contributed by atoms with Gasteiger partial charge in [-0.3, -0.25) is 0 Å². The standard InChI is InChI=1S/C6H7N.C2H6O2/c1-2-4-6-7-5-3-1;3-1-2-4/h1-7H;3-4H,1-2H2. The molecule has 0 unspecified atom stereocenters. The highest BCUT2D eigenvalue weighted by Gasteiger charge is 1.67. The van der Waals surface area contributed by atoms with Gasteiger partial charge in [0.15, 0.2) is 0 Å². The Morgan fingerprint density at radius 2 is 1.27 bits per heavy atom. The van der Waals surface area contributed by atoms with Gasteiger partial charge in [0.2, 0.25) is 0 Å². The molecule has 3 N–H and O–H groups in total. The summed E-state index contributed by atoms with van der Waals surface area (Å²) in [6.07, 6.45) is 11.6. The molecule has 1 heterocycles. The van der Waals surface area contributed by atoms with Gasteiger partial charge in [0.05, 0.1) is 13.2 Å². The van der Waals surface area contributed by atoms with Gasteiger partial charge in [0.1, 0.15) is 0 Å². The van der Waals surface area contributed by atoms with E-state index in [0.717, 1.165) is 0 Å². The molecule has 3 nitrogen and oxygen atoms in total. The quantitative estimate of drug-likeness (QED) is 0.505. The monoisotopic (exact) mass is 155 g/mol. The third kappa shape index (κ3) is 8.94. The predicted octanol–water partition coefficient (Wildman–Crippen LogP) is 0.144. The van der Waals surface area contributed by atoms with Crippen LogP contribution in [0, 0.1) is 0 Å². The van der Waals surface area contributed by atoms with Crippen LogP contribution in [0.2, 0.25) is 0 Å². The molecule has 0 aromatic rings. The Morgan fingerprint density at radius 1 is 0.818 bits per heavy atom. The van der Waals surface area contributed by atoms with Gasteiger partial charge in [-0.15, -0.1) is 0 Å². The molecular weight excluding hydrogens is 142 g/mol. The molecule has 0 spiro atoms. The van der Waals surface area contributed by atoms with Crippen LogP contribution in [0.15, 0.2) is 36.7 Å². The van der Waals surface area contributed by atoms with Crippen molar-refractivity contribution in [2.24, 2.45) is 0 Å². The second-order valence-corrected chi connectivity index (χ2v) is 1.72. The topological polar surface area (TPSA) is 52.5 Å². The minimum Gasteiger partial charge on any atom is -0.394 e. The molecule has 0 radical (unpaired) electrons. The summed E-state index contributed by atoms with van der Waals surface area (Å²) < 4.78 is 0. The molecular formula is C8H13NO2. The Kier molecular flexibility index (Phi) is 8.08. The van der Waals surface area contributed by atoms with E-state index >= 15 is 0 Å². The van der Waals surface area contributed by atoms with Gasteiger partial charge < -0.3 is 15.5 Å². The van der Waals surface area contributed by atoms with Gasteiger partial charge in [-0.05, 0) is 12.2 Å². The zero-order valence-corrected chi connectivity index (χ0v) is 6.27. The van der Waals surface area contributed by atoms with Gasteiger partial charge in [0, 0.05) is 12.4 Å². The first-order chi connectivity index (χ1) is 5.41. The molecule has 0 aliphatic carbocycles. The van der Waals surface area contributed by atoms with E-state index in [2.05, 4.69) is 5.32 Å². The molecule has 0 atom stereocenters. The van der Waals surface area contributed by atoms with E-state index in [0.29, 0.717) is 0 Å². The molecule has 0 amide bonds. The number of hydrogen-bond acceptors (Lipinski definition) is 3. The minimum atomic E-state index is -0.125. The lowest BCUT2D eigenvalue weighted by atomic mass is 10.5. The average molecular weight is 155 g/mol. The summed E-state index contributed by atoms with van der Waals surface area (Å²) in [5.41, 5.74) is 0. The lowest BCUT2D eigenvalue weighted by molar-refractivity contribution is 0.186. The van der Waals surface area contributed by atoms with Crippen molar-refractivity contribution in [1.82, 2.24) is 5.32 Å². The number of nitrogens with one attached hydrogen (secondary N) is 1. The fraction of sp³-hybridized carbons (Fsp3) is 0.250. The van der Waals surface area contributed by atoms with E-state index in [1.165, 1.54) is 0 Å². The molecule has 1 aliphatic heterocycles. The van der Waals surface area contributed by atoms with Crippen LogP contribution < -0.4 is 5.32 Å². The molecule has 11 heavy (non-hydrogen) atoms. The summed E-state index contributed by atoms with van der Waals surface area (Å²) >= 11 is 0. The first-order valence-electron chi connectivity index (χ1n) is 3.38. The largest absolute Gasteiger partial charge is 0.394 e. The molecule has 0 saturated heterocycles. The fourth-order valence-electron chi connectivity index (χ4n) is 0.406. The predicted molar refractivity (Wildman–Crippen MR) is 44.7 cm³/mol. The third-order valence-electron chi connectivity index (χ3n) is 0.818. The van der Waals surface area contributed by atoms with Crippen LogP contribution in [-0.2, 0) is 0 Å². The molecule has 0 aromatic heterocycles. The van der Waals surface area contributed by atoms with Crippen LogP contribution in [0.4, 0.5) is 0 Å². The number of allylic oxidation sites excluding steroid dienone is 4. The first-order valence-corrected chi connectivity index (χ1v) is 3.38. The Labute approximate surface area is 66.4 Å². The van der Waals surface area contributed by atoms with E-state index in [9.17, 15) is 0 Å². The summed E-state index contributed by atoms with van der Waals surface area (Å²) in [5, 5.41) is 18.2. The van der Waals surface area contributed by atoms with Gasteiger partial charge in [-0.25, -0.2) is 0 Å². The smallest absolute Gasteiger partial charge is 0.0662 e. The fourth-order valence-corrected chi connectivity index (χ4v) is 0.406. The van der Waals surface area contributed by atoms with E-state index < -0.39 is 0 Å². The maximum atomic E-state index is 7.62. The van der Waals surface area contributed by atoms with Crippen LogP contribution in [0.5, 0.6) is 0 Å². The molecule has 0 fully saturated rings. The van der Waals surface area contributed by atoms with E-state index in [1.54, 1.807) is 0 Å². The van der Waals surface area contributed by atoms with Gasteiger partial charge in [-0.1, -0.05) is 12.2 Å². The van der Waals surface area contributed by atoms with Gasteiger partial charge in [0.25, 0.3) is 0 Å². The first kappa shape index (κ1) is 9.94. The summed E-state index contributed by atoms with van der Waals surface area (Å²) in [4.78, 5) is 0. The van der Waals surface area contributed by atoms with Crippen LogP contribution >= 0.6 is 0 Å². The Morgan fingerprint density at radius 3 is 1.64 bits per heavy atom. The molecule has 0 bridgehead atoms. The summed E-state index contributed by atoms with van der Waals surface area (Å²) in [7, 11) is 0. The van der Waals surface area contributed by atoms with Crippen molar-refractivity contribution >= 4 is 0 Å². The van der Waals surface area contributed by atoms with Crippen molar-refractivity contribution in [3.8, 4) is 0 Å². The van der Waals surface area contributed by atoms with Crippen LogP contribution in [0.25, 0.3) is 0 Å². The van der Waals surface area contributed by atoms with E-state index in [-0.39, 0.29) is 13.2 Å². The normalized spacial score (nSPS) is 12.9. The molecule has 1 aliphatic rings. The van der Waals surface area contributed by atoms with Crippen molar-refractivity contribution in [2.45, 2.75) is 0 Å². The SMILES string of the molecule is C1=CC=CNC=C1.OCCO. The number of aliphatic hydroxyl groups is 2. The Balaban J connectivity index is 0.000000218. The van der Waals surface area contributed by atoms with Crippen molar-refractivity contribution in [3.63, 3.8) is 0 Å². The molecule has 0 aromatic carbocycles. The summed E-state index contributed by atoms with van der Waals surface area (Å²) in [6.45, 7) is -0.250.